The Morgan fingerprint density at radius 2 is 1.94 bits per heavy atom. The van der Waals surface area contributed by atoms with Crippen LogP contribution in [0.3, 0.4) is 0 Å². The molecule has 2 rings (SSSR count). The Kier molecular flexibility index (Phi) is 3.17. The van der Waals surface area contributed by atoms with Gasteiger partial charge < -0.3 is 14.9 Å². The maximum absolute atomic E-state index is 11.1. The van der Waals surface area contributed by atoms with Gasteiger partial charge in [-0.2, -0.15) is 0 Å². The molecule has 0 atom stereocenters. The summed E-state index contributed by atoms with van der Waals surface area (Å²) in [7, 11) is -4.26. The van der Waals surface area contributed by atoms with Crippen LogP contribution in [0.15, 0.2) is 30.3 Å². The topological polar surface area (TPSA) is 108 Å². The largest absolute Gasteiger partial charge is 0.477 e. The lowest BCUT2D eigenvalue weighted by Crippen LogP contribution is -2.03. The predicted octanol–water partition coefficient (Wildman–Crippen LogP) is 1.61. The Balaban J connectivity index is 2.68. The minimum Gasteiger partial charge on any atom is -0.477 e. The Hall–Kier alpha value is -1.75. The first-order valence-electron chi connectivity index (χ1n) is 5.03. The molecule has 0 aliphatic carbocycles. The highest BCUT2D eigenvalue weighted by atomic mass is 31.2. The Morgan fingerprint density at radius 1 is 1.28 bits per heavy atom. The minimum absolute atomic E-state index is 0.225. The maximum Gasteiger partial charge on any atom is 0.354 e. The summed E-state index contributed by atoms with van der Waals surface area (Å²) in [5.41, 5.74) is 0.462. The molecule has 94 valence electrons. The fraction of sp³-hybridized carbons (Fsp3) is 0.0909. The van der Waals surface area contributed by atoms with Gasteiger partial charge in [0.25, 0.3) is 0 Å². The summed E-state index contributed by atoms with van der Waals surface area (Å²) in [6.45, 7) is 0. The smallest absolute Gasteiger partial charge is 0.354 e. The van der Waals surface area contributed by atoms with E-state index in [4.69, 9.17) is 14.9 Å². The van der Waals surface area contributed by atoms with Crippen molar-refractivity contribution < 1.29 is 24.3 Å². The molecular weight excluding hydrogens is 257 g/mol. The number of para-hydroxylation sites is 1. The van der Waals surface area contributed by atoms with Gasteiger partial charge in [-0.3, -0.25) is 4.57 Å². The summed E-state index contributed by atoms with van der Waals surface area (Å²) in [6, 6.07) is 7.84. The van der Waals surface area contributed by atoms with Crippen LogP contribution in [-0.4, -0.2) is 25.8 Å². The zero-order chi connectivity index (χ0) is 13.3. The average molecular weight is 267 g/mol. The second-order valence-corrected chi connectivity index (χ2v) is 5.46. The molecule has 0 bridgehead atoms. The number of carboxylic acid groups (broad SMARTS) is 1. The number of aromatic carboxylic acids is 1. The van der Waals surface area contributed by atoms with Crippen LogP contribution in [0.25, 0.3) is 10.9 Å². The fourth-order valence-electron chi connectivity index (χ4n) is 1.71. The van der Waals surface area contributed by atoms with Crippen molar-refractivity contribution in [3.05, 3.63) is 41.6 Å². The van der Waals surface area contributed by atoms with E-state index in [1.54, 1.807) is 24.3 Å². The summed E-state index contributed by atoms with van der Waals surface area (Å²) in [4.78, 5) is 32.8. The molecule has 18 heavy (non-hydrogen) atoms. The molecule has 0 spiro atoms. The summed E-state index contributed by atoms with van der Waals surface area (Å²) in [5, 5.41) is 9.46. The van der Waals surface area contributed by atoms with Gasteiger partial charge >= 0.3 is 13.6 Å². The number of pyridine rings is 1. The summed E-state index contributed by atoms with van der Waals surface area (Å²) < 4.78 is 11.1. The van der Waals surface area contributed by atoms with Gasteiger partial charge in [0.05, 0.1) is 11.7 Å². The van der Waals surface area contributed by atoms with E-state index in [1.807, 2.05) is 0 Å². The first kappa shape index (κ1) is 12.7. The molecule has 0 amide bonds. The molecule has 0 unspecified atom stereocenters. The number of carboxylic acids is 1. The van der Waals surface area contributed by atoms with Crippen LogP contribution in [-0.2, 0) is 10.7 Å². The highest BCUT2D eigenvalue weighted by Crippen LogP contribution is 2.40. The van der Waals surface area contributed by atoms with E-state index < -0.39 is 19.7 Å². The van der Waals surface area contributed by atoms with Crippen molar-refractivity contribution >= 4 is 24.5 Å². The normalized spacial score (nSPS) is 11.7. The van der Waals surface area contributed by atoms with Gasteiger partial charge in [0, 0.05) is 5.39 Å². The zero-order valence-corrected chi connectivity index (χ0v) is 10.0. The Bertz CT molecular complexity index is 664. The van der Waals surface area contributed by atoms with E-state index in [1.165, 1.54) is 6.07 Å². The fourth-order valence-corrected chi connectivity index (χ4v) is 2.42. The number of rotatable bonds is 3. The van der Waals surface area contributed by atoms with Gasteiger partial charge in [-0.15, -0.1) is 0 Å². The number of benzene rings is 1. The van der Waals surface area contributed by atoms with Crippen molar-refractivity contribution in [3.63, 3.8) is 0 Å². The van der Waals surface area contributed by atoms with Crippen LogP contribution in [0, 0.1) is 0 Å². The van der Waals surface area contributed by atoms with Crippen LogP contribution in [0.1, 0.15) is 16.1 Å². The number of hydrogen-bond donors (Lipinski definition) is 3. The lowest BCUT2D eigenvalue weighted by molar-refractivity contribution is 0.0690. The number of hydrogen-bond acceptors (Lipinski definition) is 3. The first-order valence-corrected chi connectivity index (χ1v) is 6.83. The lowest BCUT2D eigenvalue weighted by atomic mass is 10.1. The molecule has 0 saturated carbocycles. The molecule has 1 aromatic carbocycles. The van der Waals surface area contributed by atoms with E-state index in [9.17, 15) is 9.36 Å². The maximum atomic E-state index is 11.1. The Morgan fingerprint density at radius 3 is 2.56 bits per heavy atom. The molecule has 0 aliphatic heterocycles. The molecular formula is C11H10NO5P. The first-order chi connectivity index (χ1) is 8.37. The van der Waals surface area contributed by atoms with Gasteiger partial charge in [0.2, 0.25) is 0 Å². The van der Waals surface area contributed by atoms with E-state index in [0.717, 1.165) is 0 Å². The molecule has 6 nitrogen and oxygen atoms in total. The molecule has 1 heterocycles. The molecule has 7 heteroatoms. The van der Waals surface area contributed by atoms with Gasteiger partial charge in [0.15, 0.2) is 0 Å². The molecule has 0 fully saturated rings. The van der Waals surface area contributed by atoms with Gasteiger partial charge in [-0.1, -0.05) is 18.2 Å². The molecule has 1 aromatic heterocycles. The molecule has 0 radical (unpaired) electrons. The van der Waals surface area contributed by atoms with Crippen LogP contribution < -0.4 is 0 Å². The number of carbonyl (C=O) groups is 1. The minimum atomic E-state index is -4.26. The van der Waals surface area contributed by atoms with Crippen LogP contribution in [0.2, 0.25) is 0 Å². The van der Waals surface area contributed by atoms with E-state index in [0.29, 0.717) is 10.9 Å². The molecule has 0 saturated heterocycles. The van der Waals surface area contributed by atoms with Crippen LogP contribution >= 0.6 is 7.60 Å². The Labute approximate surface area is 102 Å². The van der Waals surface area contributed by atoms with E-state index in [-0.39, 0.29) is 11.3 Å². The summed E-state index contributed by atoms with van der Waals surface area (Å²) >= 11 is 0. The van der Waals surface area contributed by atoms with E-state index >= 15 is 0 Å². The number of aromatic nitrogens is 1. The highest BCUT2D eigenvalue weighted by molar-refractivity contribution is 7.50. The van der Waals surface area contributed by atoms with Crippen LogP contribution in [0.4, 0.5) is 0 Å². The molecule has 2 aromatic rings. The highest BCUT2D eigenvalue weighted by Gasteiger charge is 2.18. The predicted molar refractivity (Wildman–Crippen MR) is 64.5 cm³/mol. The van der Waals surface area contributed by atoms with Crippen LogP contribution in [0.5, 0.6) is 0 Å². The third-order valence-electron chi connectivity index (χ3n) is 2.40. The monoisotopic (exact) mass is 267 g/mol. The van der Waals surface area contributed by atoms with Crippen molar-refractivity contribution in [2.45, 2.75) is 6.16 Å². The summed E-state index contributed by atoms with van der Waals surface area (Å²) in [6.07, 6.45) is -0.504. The van der Waals surface area contributed by atoms with Crippen molar-refractivity contribution in [1.29, 1.82) is 0 Å². The van der Waals surface area contributed by atoms with Gasteiger partial charge in [0.1, 0.15) is 5.69 Å². The second kappa shape index (κ2) is 4.49. The van der Waals surface area contributed by atoms with Crippen molar-refractivity contribution in [2.75, 3.05) is 0 Å². The van der Waals surface area contributed by atoms with Crippen molar-refractivity contribution in [2.24, 2.45) is 0 Å². The number of nitrogens with zero attached hydrogens (tertiary/aromatic N) is 1. The van der Waals surface area contributed by atoms with Crippen molar-refractivity contribution in [3.8, 4) is 0 Å². The van der Waals surface area contributed by atoms with Gasteiger partial charge in [-0.25, -0.2) is 9.78 Å². The number of fused-ring (bicyclic) bond motifs is 1. The lowest BCUT2D eigenvalue weighted by Gasteiger charge is -2.08. The van der Waals surface area contributed by atoms with Crippen molar-refractivity contribution in [1.82, 2.24) is 4.98 Å². The average Bonchev–Trinajstić information content (AvgIpc) is 2.26. The standard InChI is InChI=1S/C11H10NO5P/c13-11(14)10-5-7(6-18(15,16)17)8-3-1-2-4-9(8)12-10/h1-5H,6H2,(H,13,14)(H2,15,16,17). The molecule has 0 aliphatic rings. The second-order valence-electron chi connectivity index (χ2n) is 3.81. The molecule has 3 N–H and O–H groups in total. The van der Waals surface area contributed by atoms with E-state index in [2.05, 4.69) is 4.98 Å². The SMILES string of the molecule is O=C(O)c1cc(CP(=O)(O)O)c2ccccc2n1. The zero-order valence-electron chi connectivity index (χ0n) is 9.15. The van der Waals surface area contributed by atoms with Gasteiger partial charge in [-0.05, 0) is 17.7 Å². The third-order valence-corrected chi connectivity index (χ3v) is 3.15. The quantitative estimate of drug-likeness (QED) is 0.729. The summed E-state index contributed by atoms with van der Waals surface area (Å²) in [5.74, 6) is -1.23. The third kappa shape index (κ3) is 2.73.